The van der Waals surface area contributed by atoms with Crippen LogP contribution in [-0.2, 0) is 22.2 Å². The Kier molecular flexibility index (Phi) is 6.43. The highest BCUT2D eigenvalue weighted by atomic mass is 19.4. The molecule has 0 saturated heterocycles. The summed E-state index contributed by atoms with van der Waals surface area (Å²) in [5.74, 6) is -0.795. The first-order chi connectivity index (χ1) is 14.6. The largest absolute Gasteiger partial charge is 0.461 e. The van der Waals surface area contributed by atoms with Gasteiger partial charge in [0.05, 0.1) is 22.5 Å². The van der Waals surface area contributed by atoms with Gasteiger partial charge in [-0.25, -0.2) is 4.39 Å². The number of anilines is 2. The Bertz CT molecular complexity index is 1110. The molecule has 1 aromatic heterocycles. The Morgan fingerprint density at radius 1 is 0.968 bits per heavy atom. The lowest BCUT2D eigenvalue weighted by molar-refractivity contribution is -0.137. The number of alkyl halides is 3. The fourth-order valence-electron chi connectivity index (χ4n) is 2.89. The molecule has 0 aliphatic heterocycles. The molecule has 0 fully saturated rings. The molecule has 0 atom stereocenters. The quantitative estimate of drug-likeness (QED) is 0.494. The van der Waals surface area contributed by atoms with Crippen molar-refractivity contribution in [2.75, 3.05) is 10.6 Å². The molecule has 2 N–H and O–H groups in total. The van der Waals surface area contributed by atoms with E-state index in [0.717, 1.165) is 18.2 Å². The number of aryl methyl sites for hydroxylation is 1. The van der Waals surface area contributed by atoms with Crippen molar-refractivity contribution in [3.8, 4) is 11.3 Å². The number of rotatable bonds is 6. The highest BCUT2D eigenvalue weighted by molar-refractivity contribution is 5.99. The Labute approximate surface area is 175 Å². The molecule has 0 bridgehead atoms. The van der Waals surface area contributed by atoms with E-state index in [1.165, 1.54) is 13.0 Å². The summed E-state index contributed by atoms with van der Waals surface area (Å²) >= 11 is 0. The number of halogens is 4. The van der Waals surface area contributed by atoms with Crippen LogP contribution in [0.1, 0.15) is 24.7 Å². The molecule has 0 radical (unpaired) electrons. The van der Waals surface area contributed by atoms with Gasteiger partial charge in [-0.05, 0) is 42.5 Å². The summed E-state index contributed by atoms with van der Waals surface area (Å²) in [4.78, 5) is 23.6. The van der Waals surface area contributed by atoms with E-state index in [-0.39, 0.29) is 29.8 Å². The van der Waals surface area contributed by atoms with E-state index >= 15 is 0 Å². The standard InChI is InChI=1S/C22H18F4N2O3/c1-13(29)27-18-9-6-14(22(24,25)26)12-19(18)28-21(30)11-8-15-7-10-20(31-15)16-4-2-3-5-17(16)23/h2-7,9-10,12H,8,11H2,1H3,(H,27,29)(H,28,30). The van der Waals surface area contributed by atoms with Gasteiger partial charge < -0.3 is 15.1 Å². The maximum atomic E-state index is 13.9. The van der Waals surface area contributed by atoms with Crippen LogP contribution in [0.2, 0.25) is 0 Å². The minimum atomic E-state index is -4.61. The number of hydrogen-bond acceptors (Lipinski definition) is 3. The average Bonchev–Trinajstić information content (AvgIpc) is 3.15. The zero-order chi connectivity index (χ0) is 22.6. The second-order valence-electron chi connectivity index (χ2n) is 6.73. The minimum absolute atomic E-state index is 0.0497. The summed E-state index contributed by atoms with van der Waals surface area (Å²) in [6.07, 6.45) is -4.56. The maximum absolute atomic E-state index is 13.9. The van der Waals surface area contributed by atoms with Crippen molar-refractivity contribution < 1.29 is 31.6 Å². The Morgan fingerprint density at radius 3 is 2.39 bits per heavy atom. The van der Waals surface area contributed by atoms with E-state index in [1.54, 1.807) is 30.3 Å². The van der Waals surface area contributed by atoms with Gasteiger partial charge in [0.15, 0.2) is 0 Å². The summed E-state index contributed by atoms with van der Waals surface area (Å²) in [5.41, 5.74) is -0.796. The summed E-state index contributed by atoms with van der Waals surface area (Å²) < 4.78 is 58.4. The number of benzene rings is 2. The van der Waals surface area contributed by atoms with Gasteiger partial charge in [-0.1, -0.05) is 12.1 Å². The average molecular weight is 434 g/mol. The fraction of sp³-hybridized carbons (Fsp3) is 0.182. The third kappa shape index (κ3) is 5.71. The third-order valence-corrected chi connectivity index (χ3v) is 4.33. The van der Waals surface area contributed by atoms with Gasteiger partial charge >= 0.3 is 6.18 Å². The van der Waals surface area contributed by atoms with E-state index in [9.17, 15) is 27.2 Å². The maximum Gasteiger partial charge on any atom is 0.416 e. The van der Waals surface area contributed by atoms with Crippen molar-refractivity contribution in [2.45, 2.75) is 25.9 Å². The van der Waals surface area contributed by atoms with Gasteiger partial charge in [0.1, 0.15) is 17.3 Å². The minimum Gasteiger partial charge on any atom is -0.461 e. The lowest BCUT2D eigenvalue weighted by Crippen LogP contribution is -2.16. The SMILES string of the molecule is CC(=O)Nc1ccc(C(F)(F)F)cc1NC(=O)CCc1ccc(-c2ccccc2F)o1. The number of furan rings is 1. The first kappa shape index (κ1) is 22.1. The molecule has 0 aliphatic rings. The van der Waals surface area contributed by atoms with Crippen LogP contribution >= 0.6 is 0 Å². The zero-order valence-electron chi connectivity index (χ0n) is 16.3. The first-order valence-corrected chi connectivity index (χ1v) is 9.26. The van der Waals surface area contributed by atoms with Crippen LogP contribution in [0.4, 0.5) is 28.9 Å². The number of carbonyl (C=O) groups excluding carboxylic acids is 2. The van der Waals surface area contributed by atoms with Gasteiger partial charge in [-0.3, -0.25) is 9.59 Å². The second kappa shape index (κ2) is 9.03. The molecule has 9 heteroatoms. The molecule has 3 aromatic rings. The van der Waals surface area contributed by atoms with Crippen LogP contribution in [-0.4, -0.2) is 11.8 Å². The normalized spacial score (nSPS) is 11.3. The van der Waals surface area contributed by atoms with Crippen LogP contribution < -0.4 is 10.6 Å². The van der Waals surface area contributed by atoms with Gasteiger partial charge in [-0.15, -0.1) is 0 Å². The molecule has 5 nitrogen and oxygen atoms in total. The molecule has 1 heterocycles. The molecule has 0 aliphatic carbocycles. The van der Waals surface area contributed by atoms with Gasteiger partial charge in [-0.2, -0.15) is 13.2 Å². The van der Waals surface area contributed by atoms with E-state index < -0.39 is 29.4 Å². The first-order valence-electron chi connectivity index (χ1n) is 9.26. The van der Waals surface area contributed by atoms with Crippen molar-refractivity contribution in [2.24, 2.45) is 0 Å². The lowest BCUT2D eigenvalue weighted by Gasteiger charge is -2.14. The second-order valence-corrected chi connectivity index (χ2v) is 6.73. The van der Waals surface area contributed by atoms with Crippen molar-refractivity contribution in [3.05, 3.63) is 71.7 Å². The van der Waals surface area contributed by atoms with E-state index in [2.05, 4.69) is 10.6 Å². The van der Waals surface area contributed by atoms with Crippen LogP contribution in [0.25, 0.3) is 11.3 Å². The Hall–Kier alpha value is -3.62. The van der Waals surface area contributed by atoms with Crippen molar-refractivity contribution in [3.63, 3.8) is 0 Å². The highest BCUT2D eigenvalue weighted by Crippen LogP contribution is 2.34. The van der Waals surface area contributed by atoms with Gasteiger partial charge in [0.25, 0.3) is 0 Å². The fourth-order valence-corrected chi connectivity index (χ4v) is 2.89. The van der Waals surface area contributed by atoms with Gasteiger partial charge in [0.2, 0.25) is 11.8 Å². The molecule has 0 saturated carbocycles. The number of carbonyl (C=O) groups is 2. The topological polar surface area (TPSA) is 71.3 Å². The Balaban J connectivity index is 1.69. The summed E-state index contributed by atoms with van der Waals surface area (Å²) in [6.45, 7) is 1.20. The molecule has 31 heavy (non-hydrogen) atoms. The summed E-state index contributed by atoms with van der Waals surface area (Å²) in [5, 5.41) is 4.77. The summed E-state index contributed by atoms with van der Waals surface area (Å²) in [6, 6.07) is 11.9. The number of hydrogen-bond donors (Lipinski definition) is 2. The lowest BCUT2D eigenvalue weighted by atomic mass is 10.1. The molecule has 2 aromatic carbocycles. The molecular weight excluding hydrogens is 416 g/mol. The number of amides is 2. The Morgan fingerprint density at radius 2 is 1.71 bits per heavy atom. The van der Waals surface area contributed by atoms with E-state index in [1.807, 2.05) is 0 Å². The molecule has 0 spiro atoms. The van der Waals surface area contributed by atoms with Crippen LogP contribution in [0.5, 0.6) is 0 Å². The molecule has 0 unspecified atom stereocenters. The third-order valence-electron chi connectivity index (χ3n) is 4.33. The van der Waals surface area contributed by atoms with Crippen LogP contribution in [0.3, 0.4) is 0 Å². The van der Waals surface area contributed by atoms with E-state index in [4.69, 9.17) is 4.42 Å². The predicted octanol–water partition coefficient (Wildman–Crippen LogP) is 5.63. The molecule has 2 amide bonds. The highest BCUT2D eigenvalue weighted by Gasteiger charge is 2.31. The summed E-state index contributed by atoms with van der Waals surface area (Å²) in [7, 11) is 0. The smallest absolute Gasteiger partial charge is 0.416 e. The monoisotopic (exact) mass is 434 g/mol. The van der Waals surface area contributed by atoms with E-state index in [0.29, 0.717) is 11.5 Å². The van der Waals surface area contributed by atoms with Crippen molar-refractivity contribution in [1.29, 1.82) is 0 Å². The molecular formula is C22H18F4N2O3. The zero-order valence-corrected chi connectivity index (χ0v) is 16.3. The van der Waals surface area contributed by atoms with Gasteiger partial charge in [0, 0.05) is 19.8 Å². The predicted molar refractivity (Wildman–Crippen MR) is 107 cm³/mol. The van der Waals surface area contributed by atoms with Crippen molar-refractivity contribution in [1.82, 2.24) is 0 Å². The molecule has 162 valence electrons. The van der Waals surface area contributed by atoms with Crippen molar-refractivity contribution >= 4 is 23.2 Å². The van der Waals surface area contributed by atoms with Crippen LogP contribution in [0, 0.1) is 5.82 Å². The number of nitrogens with one attached hydrogen (secondary N) is 2. The van der Waals surface area contributed by atoms with Crippen LogP contribution in [0.15, 0.2) is 59.0 Å². The molecule has 3 rings (SSSR count).